The molecule has 1 aromatic rings. The molecule has 1 aliphatic rings. The first-order chi connectivity index (χ1) is 6.25. The molecule has 0 amide bonds. The van der Waals surface area contributed by atoms with Gasteiger partial charge in [-0.25, -0.2) is 0 Å². The quantitative estimate of drug-likeness (QED) is 0.768. The van der Waals surface area contributed by atoms with E-state index in [2.05, 4.69) is 17.4 Å². The molecule has 0 bridgehead atoms. The van der Waals surface area contributed by atoms with Crippen molar-refractivity contribution in [3.63, 3.8) is 0 Å². The molecule has 1 aliphatic carbocycles. The summed E-state index contributed by atoms with van der Waals surface area (Å²) in [4.78, 5) is 0. The predicted molar refractivity (Wildman–Crippen MR) is 50.3 cm³/mol. The number of hydrogen-bond donors (Lipinski definition) is 1. The first-order valence-corrected chi connectivity index (χ1v) is 4.91. The number of nitrogens with zero attached hydrogens (tertiary/aromatic N) is 1. The zero-order chi connectivity index (χ0) is 9.26. The van der Waals surface area contributed by atoms with Crippen molar-refractivity contribution in [3.8, 4) is 0 Å². The van der Waals surface area contributed by atoms with Gasteiger partial charge in [-0.2, -0.15) is 0 Å². The van der Waals surface area contributed by atoms with E-state index in [1.165, 1.54) is 12.8 Å². The maximum Gasteiger partial charge on any atom is 0.150 e. The molecule has 1 aromatic heterocycles. The van der Waals surface area contributed by atoms with Crippen molar-refractivity contribution < 1.29 is 4.52 Å². The Morgan fingerprint density at radius 3 is 3.00 bits per heavy atom. The predicted octanol–water partition coefficient (Wildman–Crippen LogP) is 1.87. The van der Waals surface area contributed by atoms with Crippen LogP contribution in [-0.2, 0) is 6.54 Å². The van der Waals surface area contributed by atoms with E-state index in [1.54, 1.807) is 0 Å². The minimum absolute atomic E-state index is 0.616. The summed E-state index contributed by atoms with van der Waals surface area (Å²) in [5.41, 5.74) is 0.955. The van der Waals surface area contributed by atoms with E-state index >= 15 is 0 Å². The van der Waals surface area contributed by atoms with Gasteiger partial charge in [0.15, 0.2) is 5.76 Å². The van der Waals surface area contributed by atoms with Gasteiger partial charge in [-0.1, -0.05) is 5.16 Å². The van der Waals surface area contributed by atoms with Crippen molar-refractivity contribution in [2.75, 3.05) is 0 Å². The summed E-state index contributed by atoms with van der Waals surface area (Å²) in [5, 5.41) is 7.28. The zero-order valence-electron chi connectivity index (χ0n) is 8.21. The van der Waals surface area contributed by atoms with Crippen LogP contribution >= 0.6 is 0 Å². The molecular formula is C10H16N2O. The van der Waals surface area contributed by atoms with E-state index in [0.717, 1.165) is 23.9 Å². The molecule has 0 aliphatic heterocycles. The molecule has 13 heavy (non-hydrogen) atoms. The average Bonchev–Trinajstić information content (AvgIpc) is 2.87. The summed E-state index contributed by atoms with van der Waals surface area (Å²) < 4.78 is 5.10. The minimum Gasteiger partial charge on any atom is -0.360 e. The van der Waals surface area contributed by atoms with Crippen LogP contribution in [0.1, 0.15) is 31.2 Å². The second-order valence-electron chi connectivity index (χ2n) is 3.94. The fourth-order valence-corrected chi connectivity index (χ4v) is 1.52. The van der Waals surface area contributed by atoms with Gasteiger partial charge in [0.1, 0.15) is 0 Å². The van der Waals surface area contributed by atoms with Crippen LogP contribution in [0.2, 0.25) is 0 Å². The highest BCUT2D eigenvalue weighted by Gasteiger charge is 2.27. The fraction of sp³-hybridized carbons (Fsp3) is 0.700. The van der Waals surface area contributed by atoms with Crippen LogP contribution in [0.15, 0.2) is 10.6 Å². The van der Waals surface area contributed by atoms with E-state index in [4.69, 9.17) is 4.52 Å². The van der Waals surface area contributed by atoms with Gasteiger partial charge in [0, 0.05) is 12.1 Å². The molecule has 1 unspecified atom stereocenters. The number of aryl methyl sites for hydroxylation is 1. The van der Waals surface area contributed by atoms with Crippen LogP contribution < -0.4 is 5.32 Å². The van der Waals surface area contributed by atoms with Crippen LogP contribution in [0.5, 0.6) is 0 Å². The van der Waals surface area contributed by atoms with Crippen LogP contribution in [0.3, 0.4) is 0 Å². The van der Waals surface area contributed by atoms with E-state index in [9.17, 15) is 0 Å². The monoisotopic (exact) mass is 180 g/mol. The summed E-state index contributed by atoms with van der Waals surface area (Å²) in [5.74, 6) is 1.83. The summed E-state index contributed by atoms with van der Waals surface area (Å²) in [7, 11) is 0. The Kier molecular flexibility index (Phi) is 2.36. The molecule has 1 heterocycles. The van der Waals surface area contributed by atoms with Gasteiger partial charge in [0.2, 0.25) is 0 Å². The highest BCUT2D eigenvalue weighted by Crippen LogP contribution is 2.32. The highest BCUT2D eigenvalue weighted by atomic mass is 16.5. The molecule has 1 saturated carbocycles. The lowest BCUT2D eigenvalue weighted by Gasteiger charge is -2.09. The molecule has 0 spiro atoms. The lowest BCUT2D eigenvalue weighted by atomic mass is 10.2. The zero-order valence-corrected chi connectivity index (χ0v) is 8.21. The largest absolute Gasteiger partial charge is 0.360 e. The third-order valence-corrected chi connectivity index (χ3v) is 2.60. The first-order valence-electron chi connectivity index (χ1n) is 4.91. The molecule has 2 rings (SSSR count). The van der Waals surface area contributed by atoms with Crippen molar-refractivity contribution in [1.29, 1.82) is 0 Å². The number of hydrogen-bond acceptors (Lipinski definition) is 3. The molecule has 1 fully saturated rings. The van der Waals surface area contributed by atoms with Gasteiger partial charge in [-0.3, -0.25) is 0 Å². The van der Waals surface area contributed by atoms with E-state index in [0.29, 0.717) is 6.04 Å². The average molecular weight is 180 g/mol. The van der Waals surface area contributed by atoms with E-state index < -0.39 is 0 Å². The molecular weight excluding hydrogens is 164 g/mol. The minimum atomic E-state index is 0.616. The molecule has 0 saturated heterocycles. The SMILES string of the molecule is Cc1cc(CNC(C)C2CC2)on1. The van der Waals surface area contributed by atoms with E-state index in [-0.39, 0.29) is 0 Å². The van der Waals surface area contributed by atoms with Crippen molar-refractivity contribution in [1.82, 2.24) is 10.5 Å². The second-order valence-corrected chi connectivity index (χ2v) is 3.94. The van der Waals surface area contributed by atoms with Crippen LogP contribution in [0.25, 0.3) is 0 Å². The summed E-state index contributed by atoms with van der Waals surface area (Å²) >= 11 is 0. The third-order valence-electron chi connectivity index (χ3n) is 2.60. The maximum absolute atomic E-state index is 5.10. The van der Waals surface area contributed by atoms with Crippen molar-refractivity contribution in [2.45, 2.75) is 39.3 Å². The third kappa shape index (κ3) is 2.31. The lowest BCUT2D eigenvalue weighted by Crippen LogP contribution is -2.26. The van der Waals surface area contributed by atoms with Crippen LogP contribution in [0.4, 0.5) is 0 Å². The summed E-state index contributed by atoms with van der Waals surface area (Å²) in [6.07, 6.45) is 2.76. The van der Waals surface area contributed by atoms with Gasteiger partial charge in [-0.15, -0.1) is 0 Å². The number of aromatic nitrogens is 1. The van der Waals surface area contributed by atoms with Crippen molar-refractivity contribution in [2.24, 2.45) is 5.92 Å². The van der Waals surface area contributed by atoms with Crippen molar-refractivity contribution >= 4 is 0 Å². The number of rotatable bonds is 4. The summed E-state index contributed by atoms with van der Waals surface area (Å²) in [6.45, 7) is 4.98. The molecule has 0 aromatic carbocycles. The Balaban J connectivity index is 1.78. The highest BCUT2D eigenvalue weighted by molar-refractivity contribution is 5.02. The molecule has 72 valence electrons. The second kappa shape index (κ2) is 3.50. The topological polar surface area (TPSA) is 38.1 Å². The standard InChI is InChI=1S/C10H16N2O/c1-7-5-10(13-12-7)6-11-8(2)9-3-4-9/h5,8-9,11H,3-4,6H2,1-2H3. The fourth-order valence-electron chi connectivity index (χ4n) is 1.52. The molecule has 3 nitrogen and oxygen atoms in total. The number of nitrogens with one attached hydrogen (secondary N) is 1. The van der Waals surface area contributed by atoms with Crippen LogP contribution in [-0.4, -0.2) is 11.2 Å². The summed E-state index contributed by atoms with van der Waals surface area (Å²) in [6, 6.07) is 2.59. The smallest absolute Gasteiger partial charge is 0.150 e. The molecule has 1 N–H and O–H groups in total. The van der Waals surface area contributed by atoms with Gasteiger partial charge < -0.3 is 9.84 Å². The van der Waals surface area contributed by atoms with Gasteiger partial charge in [-0.05, 0) is 32.6 Å². The molecule has 1 atom stereocenters. The van der Waals surface area contributed by atoms with Crippen LogP contribution in [0, 0.1) is 12.8 Å². The Labute approximate surface area is 78.5 Å². The van der Waals surface area contributed by atoms with Crippen molar-refractivity contribution in [3.05, 3.63) is 17.5 Å². The first kappa shape index (κ1) is 8.75. The molecule has 3 heteroatoms. The normalized spacial score (nSPS) is 18.9. The Hall–Kier alpha value is -0.830. The lowest BCUT2D eigenvalue weighted by molar-refractivity contribution is 0.357. The maximum atomic E-state index is 5.10. The van der Waals surface area contributed by atoms with Gasteiger partial charge >= 0.3 is 0 Å². The Bertz CT molecular complexity index is 278. The Morgan fingerprint density at radius 2 is 2.46 bits per heavy atom. The van der Waals surface area contributed by atoms with Gasteiger partial charge in [0.25, 0.3) is 0 Å². The van der Waals surface area contributed by atoms with Gasteiger partial charge in [0.05, 0.1) is 12.2 Å². The van der Waals surface area contributed by atoms with E-state index in [1.807, 2.05) is 13.0 Å². The Morgan fingerprint density at radius 1 is 1.69 bits per heavy atom. The molecule has 0 radical (unpaired) electrons.